The summed E-state index contributed by atoms with van der Waals surface area (Å²) in [6.07, 6.45) is 5.31. The van der Waals surface area contributed by atoms with Crippen molar-refractivity contribution >= 4 is 5.78 Å². The van der Waals surface area contributed by atoms with Crippen LogP contribution in [-0.2, 0) is 4.79 Å². The minimum absolute atomic E-state index is 0.235. The third-order valence-corrected chi connectivity index (χ3v) is 2.64. The van der Waals surface area contributed by atoms with Gasteiger partial charge in [-0.2, -0.15) is 0 Å². The van der Waals surface area contributed by atoms with E-state index in [1.165, 1.54) is 12.8 Å². The number of Topliss-reactive ketones (excluding diaryl/α,β-unsaturated/α-hetero) is 1. The van der Waals surface area contributed by atoms with Crippen LogP contribution in [0.2, 0.25) is 0 Å². The van der Waals surface area contributed by atoms with Crippen molar-refractivity contribution in [3.05, 3.63) is 0 Å². The molecule has 0 spiro atoms. The van der Waals surface area contributed by atoms with Crippen molar-refractivity contribution in [2.24, 2.45) is 0 Å². The van der Waals surface area contributed by atoms with Crippen molar-refractivity contribution in [3.8, 4) is 0 Å². The highest BCUT2D eigenvalue weighted by Crippen LogP contribution is 2.17. The Hall–Kier alpha value is -0.370. The molecule has 0 aromatic carbocycles. The van der Waals surface area contributed by atoms with Gasteiger partial charge in [-0.3, -0.25) is 9.69 Å². The molecule has 1 aliphatic heterocycles. The summed E-state index contributed by atoms with van der Waals surface area (Å²) in [5, 5.41) is 0. The molecule has 0 aromatic rings. The lowest BCUT2D eigenvalue weighted by Gasteiger charge is -2.31. The monoisotopic (exact) mass is 169 g/mol. The SMILES string of the molecule is CCCC(=O)[C@H]1CCCCN1C. The predicted molar refractivity (Wildman–Crippen MR) is 50.2 cm³/mol. The number of likely N-dealkylation sites (tertiary alicyclic amines) is 1. The Morgan fingerprint density at radius 3 is 2.83 bits per heavy atom. The quantitative estimate of drug-likeness (QED) is 0.642. The molecule has 0 aromatic heterocycles. The van der Waals surface area contributed by atoms with Gasteiger partial charge in [0, 0.05) is 6.42 Å². The molecule has 12 heavy (non-hydrogen) atoms. The second-order valence-corrected chi connectivity index (χ2v) is 3.71. The second kappa shape index (κ2) is 4.61. The first-order valence-corrected chi connectivity index (χ1v) is 4.98. The highest BCUT2D eigenvalue weighted by atomic mass is 16.1. The molecule has 0 bridgehead atoms. The maximum absolute atomic E-state index is 11.6. The summed E-state index contributed by atoms with van der Waals surface area (Å²) in [5.74, 6) is 0.444. The summed E-state index contributed by atoms with van der Waals surface area (Å²) in [6.45, 7) is 3.17. The smallest absolute Gasteiger partial charge is 0.149 e. The van der Waals surface area contributed by atoms with E-state index in [9.17, 15) is 4.79 Å². The molecule has 2 nitrogen and oxygen atoms in total. The molecular weight excluding hydrogens is 150 g/mol. The van der Waals surface area contributed by atoms with Crippen molar-refractivity contribution in [1.82, 2.24) is 4.90 Å². The summed E-state index contributed by atoms with van der Waals surface area (Å²) in [4.78, 5) is 13.8. The Kier molecular flexibility index (Phi) is 3.73. The molecule has 0 amide bonds. The Morgan fingerprint density at radius 2 is 2.25 bits per heavy atom. The lowest BCUT2D eigenvalue weighted by Crippen LogP contribution is -2.41. The van der Waals surface area contributed by atoms with Crippen LogP contribution in [0.1, 0.15) is 39.0 Å². The standard InChI is InChI=1S/C10H19NO/c1-3-6-10(12)9-7-4-5-8-11(9)2/h9H,3-8H2,1-2H3/t9-/m1/s1. The largest absolute Gasteiger partial charge is 0.298 e. The zero-order chi connectivity index (χ0) is 8.97. The van der Waals surface area contributed by atoms with Crippen LogP contribution < -0.4 is 0 Å². The highest BCUT2D eigenvalue weighted by Gasteiger charge is 2.24. The van der Waals surface area contributed by atoms with Gasteiger partial charge in [0.2, 0.25) is 0 Å². The third kappa shape index (κ3) is 2.31. The van der Waals surface area contributed by atoms with E-state index in [4.69, 9.17) is 0 Å². The average Bonchev–Trinajstić information content (AvgIpc) is 2.05. The molecule has 2 heteroatoms. The van der Waals surface area contributed by atoms with Crippen LogP contribution in [0.3, 0.4) is 0 Å². The number of carbonyl (C=O) groups is 1. The van der Waals surface area contributed by atoms with E-state index in [2.05, 4.69) is 18.9 Å². The van der Waals surface area contributed by atoms with Gasteiger partial charge in [-0.25, -0.2) is 0 Å². The van der Waals surface area contributed by atoms with Crippen LogP contribution >= 0.6 is 0 Å². The van der Waals surface area contributed by atoms with Crippen molar-refractivity contribution < 1.29 is 4.79 Å². The highest BCUT2D eigenvalue weighted by molar-refractivity contribution is 5.83. The first-order valence-electron chi connectivity index (χ1n) is 4.98. The summed E-state index contributed by atoms with van der Waals surface area (Å²) in [7, 11) is 2.07. The van der Waals surface area contributed by atoms with Gasteiger partial charge in [0.25, 0.3) is 0 Å². The number of likely N-dealkylation sites (N-methyl/N-ethyl adjacent to an activating group) is 1. The molecule has 1 fully saturated rings. The normalized spacial score (nSPS) is 25.7. The zero-order valence-corrected chi connectivity index (χ0v) is 8.18. The van der Waals surface area contributed by atoms with E-state index < -0.39 is 0 Å². The predicted octanol–water partition coefficient (Wildman–Crippen LogP) is 1.84. The number of nitrogens with zero attached hydrogens (tertiary/aromatic N) is 1. The van der Waals surface area contributed by atoms with Crippen LogP contribution in [0.15, 0.2) is 0 Å². The van der Waals surface area contributed by atoms with Crippen LogP contribution in [0.5, 0.6) is 0 Å². The lowest BCUT2D eigenvalue weighted by molar-refractivity contribution is -0.124. The van der Waals surface area contributed by atoms with Gasteiger partial charge in [-0.1, -0.05) is 13.3 Å². The minimum Gasteiger partial charge on any atom is -0.298 e. The first kappa shape index (κ1) is 9.72. The van der Waals surface area contributed by atoms with E-state index in [1.54, 1.807) is 0 Å². The van der Waals surface area contributed by atoms with E-state index in [0.29, 0.717) is 5.78 Å². The topological polar surface area (TPSA) is 20.3 Å². The van der Waals surface area contributed by atoms with Crippen LogP contribution in [-0.4, -0.2) is 30.3 Å². The van der Waals surface area contributed by atoms with Crippen LogP contribution in [0.4, 0.5) is 0 Å². The number of piperidine rings is 1. The summed E-state index contributed by atoms with van der Waals surface area (Å²) >= 11 is 0. The van der Waals surface area contributed by atoms with Gasteiger partial charge in [-0.15, -0.1) is 0 Å². The van der Waals surface area contributed by atoms with Crippen molar-refractivity contribution in [2.45, 2.75) is 45.1 Å². The van der Waals surface area contributed by atoms with E-state index in [-0.39, 0.29) is 6.04 Å². The third-order valence-electron chi connectivity index (χ3n) is 2.64. The Bertz CT molecular complexity index is 156. The molecule has 0 radical (unpaired) electrons. The lowest BCUT2D eigenvalue weighted by atomic mass is 9.97. The molecular formula is C10H19NO. The summed E-state index contributed by atoms with van der Waals surface area (Å²) in [5.41, 5.74) is 0. The van der Waals surface area contributed by atoms with Crippen molar-refractivity contribution in [3.63, 3.8) is 0 Å². The fourth-order valence-corrected chi connectivity index (χ4v) is 1.89. The Balaban J connectivity index is 2.42. The average molecular weight is 169 g/mol. The summed E-state index contributed by atoms with van der Waals surface area (Å²) < 4.78 is 0. The second-order valence-electron chi connectivity index (χ2n) is 3.71. The molecule has 1 aliphatic rings. The molecule has 0 aliphatic carbocycles. The number of hydrogen-bond acceptors (Lipinski definition) is 2. The van der Waals surface area contributed by atoms with Gasteiger partial charge in [0.15, 0.2) is 0 Å². The summed E-state index contributed by atoms with van der Waals surface area (Å²) in [6, 6.07) is 0.235. The Labute approximate surface area is 74.9 Å². The van der Waals surface area contributed by atoms with E-state index in [0.717, 1.165) is 25.8 Å². The van der Waals surface area contributed by atoms with E-state index in [1.807, 2.05) is 0 Å². The number of hydrogen-bond donors (Lipinski definition) is 0. The van der Waals surface area contributed by atoms with Crippen LogP contribution in [0.25, 0.3) is 0 Å². The molecule has 70 valence electrons. The number of ketones is 1. The van der Waals surface area contributed by atoms with Gasteiger partial charge >= 0.3 is 0 Å². The molecule has 0 unspecified atom stereocenters. The van der Waals surface area contributed by atoms with Crippen molar-refractivity contribution in [2.75, 3.05) is 13.6 Å². The molecule has 0 saturated carbocycles. The fourth-order valence-electron chi connectivity index (χ4n) is 1.89. The fraction of sp³-hybridized carbons (Fsp3) is 0.900. The minimum atomic E-state index is 0.235. The molecule has 1 rings (SSSR count). The molecule has 1 atom stereocenters. The maximum Gasteiger partial charge on any atom is 0.149 e. The molecule has 0 N–H and O–H groups in total. The number of carbonyl (C=O) groups excluding carboxylic acids is 1. The van der Waals surface area contributed by atoms with E-state index >= 15 is 0 Å². The number of rotatable bonds is 3. The Morgan fingerprint density at radius 1 is 1.50 bits per heavy atom. The van der Waals surface area contributed by atoms with Gasteiger partial charge in [-0.05, 0) is 32.9 Å². The van der Waals surface area contributed by atoms with Crippen molar-refractivity contribution in [1.29, 1.82) is 0 Å². The van der Waals surface area contributed by atoms with Gasteiger partial charge in [0.05, 0.1) is 6.04 Å². The van der Waals surface area contributed by atoms with Gasteiger partial charge in [0.1, 0.15) is 5.78 Å². The first-order chi connectivity index (χ1) is 5.75. The van der Waals surface area contributed by atoms with Gasteiger partial charge < -0.3 is 0 Å². The van der Waals surface area contributed by atoms with Crippen LogP contribution in [0, 0.1) is 0 Å². The zero-order valence-electron chi connectivity index (χ0n) is 8.18. The molecule has 1 heterocycles. The molecule has 1 saturated heterocycles. The maximum atomic E-state index is 11.6.